The second kappa shape index (κ2) is 17.7. The number of ether oxygens (including phenoxy) is 6. The molecule has 2 rings (SSSR count). The molecule has 0 bridgehead atoms. The first-order chi connectivity index (χ1) is 20.9. The average Bonchev–Trinajstić information content (AvgIpc) is 2.99. The van der Waals surface area contributed by atoms with E-state index in [1.165, 1.54) is 18.2 Å². The molecule has 6 atom stereocenters. The highest BCUT2D eigenvalue weighted by Crippen LogP contribution is 2.37. The number of aliphatic carboxylic acids is 1. The summed E-state index contributed by atoms with van der Waals surface area (Å²) in [6, 6.07) is 11.0. The topological polar surface area (TPSA) is 170 Å². The molecule has 0 saturated heterocycles. The van der Waals surface area contributed by atoms with E-state index in [0.717, 1.165) is 12.8 Å². The van der Waals surface area contributed by atoms with Gasteiger partial charge in [-0.1, -0.05) is 71.7 Å². The van der Waals surface area contributed by atoms with Gasteiger partial charge in [0.05, 0.1) is 13.2 Å². The number of benzene rings is 2. The maximum absolute atomic E-state index is 12.6. The molecule has 0 radical (unpaired) electrons. The van der Waals surface area contributed by atoms with Crippen LogP contribution in [0, 0.1) is 17.8 Å². The zero-order valence-electron chi connectivity index (χ0n) is 26.0. The number of rotatable bonds is 15. The van der Waals surface area contributed by atoms with Crippen molar-refractivity contribution in [2.45, 2.75) is 72.4 Å². The highest BCUT2D eigenvalue weighted by molar-refractivity contribution is 5.75. The van der Waals surface area contributed by atoms with Gasteiger partial charge >= 0.3 is 24.4 Å². The Labute approximate surface area is 257 Å². The standard InChI is InChI=1S/C32H43NO11/c1-7-19(3)17-39-30(36)43-25-15-14-23(16-26(25)44-31(37)40-18-20(4)8-2)27(28(33)29(34)35)21(5)22(6)41-32(38)42-24-12-10-9-11-13-24/h9-16,19-22,27-28H,7-8,17-18,33H2,1-6H3,(H,34,35)/t19?,20?,21?,22?,27?,28-/m0/s1. The first-order valence-electron chi connectivity index (χ1n) is 14.6. The summed E-state index contributed by atoms with van der Waals surface area (Å²) in [7, 11) is 0. The van der Waals surface area contributed by atoms with Gasteiger partial charge in [0.15, 0.2) is 11.5 Å². The smallest absolute Gasteiger partial charge is 0.480 e. The van der Waals surface area contributed by atoms with Crippen molar-refractivity contribution in [2.75, 3.05) is 13.2 Å². The van der Waals surface area contributed by atoms with Crippen molar-refractivity contribution in [1.82, 2.24) is 0 Å². The van der Waals surface area contributed by atoms with E-state index < -0.39 is 48.4 Å². The Morgan fingerprint density at radius 2 is 1.30 bits per heavy atom. The van der Waals surface area contributed by atoms with Crippen molar-refractivity contribution < 1.29 is 52.7 Å². The highest BCUT2D eigenvalue weighted by atomic mass is 16.7. The number of carbonyl (C=O) groups excluding carboxylic acids is 3. The van der Waals surface area contributed by atoms with Crippen LogP contribution in [0.4, 0.5) is 14.4 Å². The fourth-order valence-electron chi connectivity index (χ4n) is 3.94. The van der Waals surface area contributed by atoms with Gasteiger partial charge in [-0.25, -0.2) is 14.4 Å². The first kappa shape index (κ1) is 35.9. The summed E-state index contributed by atoms with van der Waals surface area (Å²) >= 11 is 0. The molecule has 0 amide bonds. The van der Waals surface area contributed by atoms with Gasteiger partial charge in [0, 0.05) is 11.8 Å². The number of hydrogen-bond donors (Lipinski definition) is 2. The maximum Gasteiger partial charge on any atom is 0.514 e. The molecule has 5 unspecified atom stereocenters. The van der Waals surface area contributed by atoms with Gasteiger partial charge in [0.2, 0.25) is 0 Å². The van der Waals surface area contributed by atoms with Gasteiger partial charge < -0.3 is 39.3 Å². The second-order valence-corrected chi connectivity index (χ2v) is 10.8. The van der Waals surface area contributed by atoms with Gasteiger partial charge in [-0.15, -0.1) is 0 Å². The van der Waals surface area contributed by atoms with Crippen molar-refractivity contribution in [3.05, 3.63) is 54.1 Å². The average molecular weight is 618 g/mol. The second-order valence-electron chi connectivity index (χ2n) is 10.8. The van der Waals surface area contributed by atoms with Crippen LogP contribution in [-0.4, -0.2) is 54.9 Å². The van der Waals surface area contributed by atoms with Crippen molar-refractivity contribution in [1.29, 1.82) is 0 Å². The fraction of sp³-hybridized carbons (Fsp3) is 0.500. The lowest BCUT2D eigenvalue weighted by Gasteiger charge is -2.31. The lowest BCUT2D eigenvalue weighted by Crippen LogP contribution is -2.43. The Morgan fingerprint density at radius 3 is 1.82 bits per heavy atom. The molecule has 0 aliphatic rings. The van der Waals surface area contributed by atoms with Gasteiger partial charge in [0.25, 0.3) is 0 Å². The molecule has 0 aromatic heterocycles. The van der Waals surface area contributed by atoms with Crippen LogP contribution in [0.5, 0.6) is 17.2 Å². The van der Waals surface area contributed by atoms with Crippen molar-refractivity contribution in [3.8, 4) is 17.2 Å². The highest BCUT2D eigenvalue weighted by Gasteiger charge is 2.36. The SMILES string of the molecule is CCC(C)COC(=O)Oc1ccc(C(C(C)C(C)OC(=O)Oc2ccccc2)[C@H](N)C(=O)O)cc1OC(=O)OCC(C)CC. The maximum atomic E-state index is 12.6. The molecule has 0 saturated carbocycles. The van der Waals surface area contributed by atoms with Gasteiger partial charge in [0.1, 0.15) is 17.9 Å². The van der Waals surface area contributed by atoms with E-state index in [-0.39, 0.29) is 42.3 Å². The third-order valence-electron chi connectivity index (χ3n) is 7.31. The zero-order chi connectivity index (χ0) is 32.8. The van der Waals surface area contributed by atoms with Crippen molar-refractivity contribution in [2.24, 2.45) is 23.5 Å². The number of hydrogen-bond acceptors (Lipinski definition) is 11. The zero-order valence-corrected chi connectivity index (χ0v) is 26.0. The van der Waals surface area contributed by atoms with E-state index in [9.17, 15) is 24.3 Å². The van der Waals surface area contributed by atoms with E-state index in [1.54, 1.807) is 44.2 Å². The molecule has 44 heavy (non-hydrogen) atoms. The third kappa shape index (κ3) is 11.4. The Bertz CT molecular complexity index is 1240. The van der Waals surface area contributed by atoms with Crippen LogP contribution in [0.2, 0.25) is 0 Å². The van der Waals surface area contributed by atoms with Crippen molar-refractivity contribution in [3.63, 3.8) is 0 Å². The molecule has 2 aromatic carbocycles. The normalized spacial score (nSPS) is 15.0. The molecule has 0 aliphatic carbocycles. The van der Waals surface area contributed by atoms with Crippen LogP contribution in [0.25, 0.3) is 0 Å². The van der Waals surface area contributed by atoms with Gasteiger partial charge in [-0.2, -0.15) is 0 Å². The minimum atomic E-state index is -1.46. The van der Waals surface area contributed by atoms with E-state index in [0.29, 0.717) is 5.56 Å². The lowest BCUT2D eigenvalue weighted by molar-refractivity contribution is -0.139. The van der Waals surface area contributed by atoms with E-state index >= 15 is 0 Å². The lowest BCUT2D eigenvalue weighted by atomic mass is 9.79. The predicted octanol–water partition coefficient (Wildman–Crippen LogP) is 6.55. The molecular formula is C32H43NO11. The van der Waals surface area contributed by atoms with Crippen LogP contribution in [0.1, 0.15) is 65.9 Å². The molecule has 0 heterocycles. The Balaban J connectivity index is 2.37. The van der Waals surface area contributed by atoms with Gasteiger partial charge in [-0.3, -0.25) is 4.79 Å². The Morgan fingerprint density at radius 1 is 0.750 bits per heavy atom. The minimum absolute atomic E-state index is 0.0778. The summed E-state index contributed by atoms with van der Waals surface area (Å²) in [5.41, 5.74) is 6.43. The summed E-state index contributed by atoms with van der Waals surface area (Å²) in [4.78, 5) is 49.4. The van der Waals surface area contributed by atoms with Gasteiger partial charge in [-0.05, 0) is 48.6 Å². The largest absolute Gasteiger partial charge is 0.514 e. The molecule has 12 nitrogen and oxygen atoms in total. The monoisotopic (exact) mass is 617 g/mol. The molecule has 0 aliphatic heterocycles. The first-order valence-corrected chi connectivity index (χ1v) is 14.6. The summed E-state index contributed by atoms with van der Waals surface area (Å²) in [5.74, 6) is -2.88. The van der Waals surface area contributed by atoms with Crippen LogP contribution < -0.4 is 19.9 Å². The molecule has 0 fully saturated rings. The Kier molecular flexibility index (Phi) is 14.4. The third-order valence-corrected chi connectivity index (χ3v) is 7.31. The molecular weight excluding hydrogens is 574 g/mol. The number of carboxylic acids is 1. The van der Waals surface area contributed by atoms with Crippen LogP contribution in [-0.2, 0) is 19.0 Å². The van der Waals surface area contributed by atoms with Crippen LogP contribution in [0.15, 0.2) is 48.5 Å². The molecule has 2 aromatic rings. The quantitative estimate of drug-likeness (QED) is 0.126. The van der Waals surface area contributed by atoms with Crippen LogP contribution in [0.3, 0.4) is 0 Å². The van der Waals surface area contributed by atoms with E-state index in [2.05, 4.69) is 0 Å². The summed E-state index contributed by atoms with van der Waals surface area (Å²) in [6.45, 7) is 11.2. The van der Waals surface area contributed by atoms with Crippen molar-refractivity contribution >= 4 is 24.4 Å². The van der Waals surface area contributed by atoms with E-state index in [1.807, 2.05) is 27.7 Å². The number of nitrogens with two attached hydrogens (primary N) is 1. The molecule has 3 N–H and O–H groups in total. The Hall–Kier alpha value is -4.32. The van der Waals surface area contributed by atoms with E-state index in [4.69, 9.17) is 34.2 Å². The molecule has 12 heteroatoms. The minimum Gasteiger partial charge on any atom is -0.480 e. The number of carboxylic acid groups (broad SMARTS) is 1. The molecule has 0 spiro atoms. The summed E-state index contributed by atoms with van der Waals surface area (Å²) in [6.07, 6.45) is -2.35. The number of para-hydroxylation sites is 1. The molecule has 242 valence electrons. The van der Waals surface area contributed by atoms with Crippen LogP contribution >= 0.6 is 0 Å². The number of carbonyl (C=O) groups is 4. The summed E-state index contributed by atoms with van der Waals surface area (Å²) in [5, 5.41) is 9.83. The summed E-state index contributed by atoms with van der Waals surface area (Å²) < 4.78 is 31.7. The predicted molar refractivity (Wildman–Crippen MR) is 160 cm³/mol. The fourth-order valence-corrected chi connectivity index (χ4v) is 3.94.